The van der Waals surface area contributed by atoms with Crippen LogP contribution in [0, 0.1) is 6.92 Å². The second kappa shape index (κ2) is 8.54. The van der Waals surface area contributed by atoms with Crippen molar-refractivity contribution in [3.05, 3.63) is 69.0 Å². The van der Waals surface area contributed by atoms with Gasteiger partial charge in [-0.05, 0) is 54.1 Å². The van der Waals surface area contributed by atoms with Gasteiger partial charge in [0.05, 0.1) is 4.91 Å². The highest BCUT2D eigenvalue weighted by Crippen LogP contribution is 2.32. The first kappa shape index (κ1) is 19.4. The van der Waals surface area contributed by atoms with Gasteiger partial charge in [0, 0.05) is 23.1 Å². The van der Waals surface area contributed by atoms with Crippen LogP contribution in [0.4, 0.5) is 10.5 Å². The number of thioether (sulfide) groups is 1. The van der Waals surface area contributed by atoms with E-state index in [1.165, 1.54) is 0 Å². The molecule has 2 aromatic rings. The van der Waals surface area contributed by atoms with Gasteiger partial charge in [0.2, 0.25) is 5.91 Å². The van der Waals surface area contributed by atoms with Gasteiger partial charge in [-0.15, -0.1) is 0 Å². The summed E-state index contributed by atoms with van der Waals surface area (Å²) in [6, 6.07) is 14.9. The zero-order valence-corrected chi connectivity index (χ0v) is 17.0. The van der Waals surface area contributed by atoms with Gasteiger partial charge >= 0.3 is 0 Å². The van der Waals surface area contributed by atoms with Gasteiger partial charge in [0.25, 0.3) is 11.1 Å². The Morgan fingerprint density at radius 2 is 1.96 bits per heavy atom. The molecule has 0 spiro atoms. The minimum absolute atomic E-state index is 0.0521. The average Bonchev–Trinajstić information content (AvgIpc) is 2.88. The van der Waals surface area contributed by atoms with Gasteiger partial charge in [-0.1, -0.05) is 46.3 Å². The van der Waals surface area contributed by atoms with E-state index in [0.29, 0.717) is 4.91 Å². The van der Waals surface area contributed by atoms with Crippen molar-refractivity contribution in [2.45, 2.75) is 13.3 Å². The van der Waals surface area contributed by atoms with Crippen molar-refractivity contribution in [2.24, 2.45) is 0 Å². The lowest BCUT2D eigenvalue weighted by atomic mass is 10.2. The topological polar surface area (TPSA) is 66.5 Å². The Labute approximate surface area is 169 Å². The second-order valence-electron chi connectivity index (χ2n) is 6.00. The van der Waals surface area contributed by atoms with Crippen LogP contribution in [0.25, 0.3) is 6.08 Å². The molecule has 1 N–H and O–H groups in total. The van der Waals surface area contributed by atoms with Crippen LogP contribution in [-0.4, -0.2) is 28.5 Å². The SMILES string of the molecule is Cc1ccccc1NC(=O)CCN1C(=O)S/C(=C\c2cccc(Br)c2)C1=O. The maximum Gasteiger partial charge on any atom is 0.293 e. The lowest BCUT2D eigenvalue weighted by Crippen LogP contribution is -2.31. The zero-order valence-electron chi connectivity index (χ0n) is 14.6. The number of hydrogen-bond donors (Lipinski definition) is 1. The first-order valence-electron chi connectivity index (χ1n) is 8.30. The summed E-state index contributed by atoms with van der Waals surface area (Å²) in [5.74, 6) is -0.604. The molecule has 0 saturated carbocycles. The standard InChI is InChI=1S/C20H17BrN2O3S/c1-13-5-2-3-8-16(13)22-18(24)9-10-23-19(25)17(27-20(23)26)12-14-6-4-7-15(21)11-14/h2-8,11-12H,9-10H2,1H3,(H,22,24)/b17-12-. The number of rotatable bonds is 5. The Kier molecular flexibility index (Phi) is 6.13. The molecule has 5 nitrogen and oxygen atoms in total. The molecule has 2 aromatic carbocycles. The largest absolute Gasteiger partial charge is 0.326 e. The quantitative estimate of drug-likeness (QED) is 0.670. The van der Waals surface area contributed by atoms with Crippen molar-refractivity contribution in [2.75, 3.05) is 11.9 Å². The Balaban J connectivity index is 1.62. The molecule has 27 heavy (non-hydrogen) atoms. The van der Waals surface area contributed by atoms with Crippen LogP contribution in [-0.2, 0) is 9.59 Å². The fraction of sp³-hybridized carbons (Fsp3) is 0.150. The summed E-state index contributed by atoms with van der Waals surface area (Å²) in [6.45, 7) is 1.96. The molecular formula is C20H17BrN2O3S. The predicted octanol–water partition coefficient (Wildman–Crippen LogP) is 4.82. The highest BCUT2D eigenvalue weighted by atomic mass is 79.9. The molecule has 3 amide bonds. The molecule has 0 unspecified atom stereocenters. The van der Waals surface area contributed by atoms with Crippen molar-refractivity contribution < 1.29 is 14.4 Å². The van der Waals surface area contributed by atoms with Crippen LogP contribution in [0.3, 0.4) is 0 Å². The number of carbonyl (C=O) groups excluding carboxylic acids is 3. The number of amides is 3. The number of anilines is 1. The molecule has 138 valence electrons. The van der Waals surface area contributed by atoms with Crippen LogP contribution in [0.2, 0.25) is 0 Å². The minimum Gasteiger partial charge on any atom is -0.326 e. The summed E-state index contributed by atoms with van der Waals surface area (Å²) in [7, 11) is 0. The Morgan fingerprint density at radius 1 is 1.19 bits per heavy atom. The van der Waals surface area contributed by atoms with E-state index in [9.17, 15) is 14.4 Å². The first-order chi connectivity index (χ1) is 12.9. The first-order valence-corrected chi connectivity index (χ1v) is 9.91. The summed E-state index contributed by atoms with van der Waals surface area (Å²) in [4.78, 5) is 38.3. The normalized spacial score (nSPS) is 15.5. The molecule has 1 aliphatic heterocycles. The molecule has 1 fully saturated rings. The van der Waals surface area contributed by atoms with Crippen molar-refractivity contribution in [1.29, 1.82) is 0 Å². The number of para-hydroxylation sites is 1. The van der Waals surface area contributed by atoms with Crippen molar-refractivity contribution in [1.82, 2.24) is 4.90 Å². The predicted molar refractivity (Wildman–Crippen MR) is 111 cm³/mol. The van der Waals surface area contributed by atoms with Crippen LogP contribution in [0.15, 0.2) is 57.9 Å². The molecule has 0 radical (unpaired) electrons. The highest BCUT2D eigenvalue weighted by Gasteiger charge is 2.35. The van der Waals surface area contributed by atoms with Gasteiger partial charge in [-0.25, -0.2) is 0 Å². The molecular weight excluding hydrogens is 428 g/mol. The Bertz CT molecular complexity index is 942. The summed E-state index contributed by atoms with van der Waals surface area (Å²) in [6.07, 6.45) is 1.74. The van der Waals surface area contributed by atoms with E-state index in [2.05, 4.69) is 21.2 Å². The van der Waals surface area contributed by atoms with Gasteiger partial charge in [0.1, 0.15) is 0 Å². The highest BCUT2D eigenvalue weighted by molar-refractivity contribution is 9.10. The molecule has 0 aliphatic carbocycles. The molecule has 0 bridgehead atoms. The molecule has 0 atom stereocenters. The Morgan fingerprint density at radius 3 is 2.70 bits per heavy atom. The minimum atomic E-state index is -0.367. The number of imide groups is 1. The van der Waals surface area contributed by atoms with E-state index in [4.69, 9.17) is 0 Å². The number of hydrogen-bond acceptors (Lipinski definition) is 4. The lowest BCUT2D eigenvalue weighted by Gasteiger charge is -2.13. The molecule has 1 heterocycles. The monoisotopic (exact) mass is 444 g/mol. The van der Waals surface area contributed by atoms with E-state index >= 15 is 0 Å². The average molecular weight is 445 g/mol. The van der Waals surface area contributed by atoms with Gasteiger partial charge < -0.3 is 5.32 Å². The van der Waals surface area contributed by atoms with E-state index in [1.54, 1.807) is 6.08 Å². The fourth-order valence-electron chi connectivity index (χ4n) is 2.58. The van der Waals surface area contributed by atoms with E-state index in [1.807, 2.05) is 55.5 Å². The van der Waals surface area contributed by atoms with Gasteiger partial charge in [-0.2, -0.15) is 0 Å². The third-order valence-electron chi connectivity index (χ3n) is 4.00. The van der Waals surface area contributed by atoms with Gasteiger partial charge in [-0.3, -0.25) is 19.3 Å². The molecule has 7 heteroatoms. The number of aryl methyl sites for hydroxylation is 1. The molecule has 1 aliphatic rings. The van der Waals surface area contributed by atoms with E-state index in [-0.39, 0.29) is 30.0 Å². The molecule has 1 saturated heterocycles. The van der Waals surface area contributed by atoms with Crippen molar-refractivity contribution in [3.63, 3.8) is 0 Å². The third-order valence-corrected chi connectivity index (χ3v) is 5.40. The maximum absolute atomic E-state index is 12.5. The van der Waals surface area contributed by atoms with E-state index < -0.39 is 0 Å². The summed E-state index contributed by atoms with van der Waals surface area (Å²) in [5, 5.41) is 2.45. The van der Waals surface area contributed by atoms with Crippen LogP contribution in [0.1, 0.15) is 17.5 Å². The zero-order chi connectivity index (χ0) is 19.4. The summed E-state index contributed by atoms with van der Waals surface area (Å²) < 4.78 is 0.892. The fourth-order valence-corrected chi connectivity index (χ4v) is 3.86. The number of nitrogens with one attached hydrogen (secondary N) is 1. The number of halogens is 1. The summed E-state index contributed by atoms with van der Waals surface area (Å²) >= 11 is 4.27. The lowest BCUT2D eigenvalue weighted by molar-refractivity contribution is -0.123. The van der Waals surface area contributed by atoms with Crippen LogP contribution < -0.4 is 5.32 Å². The molecule has 0 aromatic heterocycles. The van der Waals surface area contributed by atoms with Crippen molar-refractivity contribution in [3.8, 4) is 0 Å². The second-order valence-corrected chi connectivity index (χ2v) is 7.91. The number of nitrogens with zero attached hydrogens (tertiary/aromatic N) is 1. The van der Waals surface area contributed by atoms with Crippen LogP contribution >= 0.6 is 27.7 Å². The number of carbonyl (C=O) groups is 3. The van der Waals surface area contributed by atoms with Crippen molar-refractivity contribution >= 4 is 56.5 Å². The molecule has 3 rings (SSSR count). The van der Waals surface area contributed by atoms with E-state index in [0.717, 1.165) is 37.9 Å². The van der Waals surface area contributed by atoms with Crippen LogP contribution in [0.5, 0.6) is 0 Å². The van der Waals surface area contributed by atoms with Gasteiger partial charge in [0.15, 0.2) is 0 Å². The maximum atomic E-state index is 12.5. The third kappa shape index (κ3) is 4.87. The smallest absolute Gasteiger partial charge is 0.293 e. The Hall–Kier alpha value is -2.38. The summed E-state index contributed by atoms with van der Waals surface area (Å²) in [5.41, 5.74) is 2.51. The number of benzene rings is 2.